The quantitative estimate of drug-likeness (QED) is 0.435. The first-order valence-electron chi connectivity index (χ1n) is 9.69. The molecule has 2 aromatic carbocycles. The zero-order valence-electron chi connectivity index (χ0n) is 17.1. The summed E-state index contributed by atoms with van der Waals surface area (Å²) in [6.07, 6.45) is -1.69. The topological polar surface area (TPSA) is 76.9 Å². The lowest BCUT2D eigenvalue weighted by atomic mass is 10.0. The summed E-state index contributed by atoms with van der Waals surface area (Å²) in [4.78, 5) is 3.95. The van der Waals surface area contributed by atoms with Gasteiger partial charge in [-0.2, -0.15) is 18.3 Å². The number of pyridine rings is 1. The number of aromatic nitrogens is 3. The Morgan fingerprint density at radius 2 is 1.75 bits per heavy atom. The summed E-state index contributed by atoms with van der Waals surface area (Å²) in [6.45, 7) is 3.94. The monoisotopic (exact) mass is 460 g/mol. The molecule has 0 aliphatic carbocycles. The molecule has 0 spiro atoms. The average molecular weight is 460 g/mol. The first-order chi connectivity index (χ1) is 15.1. The van der Waals surface area contributed by atoms with Crippen LogP contribution in [0.5, 0.6) is 0 Å². The molecule has 0 atom stereocenters. The van der Waals surface area contributed by atoms with Crippen LogP contribution in [0.25, 0.3) is 16.5 Å². The van der Waals surface area contributed by atoms with Crippen molar-refractivity contribution in [3.8, 4) is 5.69 Å². The normalized spacial score (nSPS) is 12.4. The number of anilines is 1. The Morgan fingerprint density at radius 1 is 1.03 bits per heavy atom. The summed E-state index contributed by atoms with van der Waals surface area (Å²) >= 11 is 0. The summed E-state index contributed by atoms with van der Waals surface area (Å²) in [6, 6.07) is 13.5. The highest BCUT2D eigenvalue weighted by molar-refractivity contribution is 7.92. The van der Waals surface area contributed by atoms with Crippen molar-refractivity contribution < 1.29 is 21.6 Å². The summed E-state index contributed by atoms with van der Waals surface area (Å²) in [5, 5.41) is 4.91. The maximum atomic E-state index is 13.4. The van der Waals surface area contributed by atoms with Gasteiger partial charge in [0.15, 0.2) is 5.69 Å². The molecule has 32 heavy (non-hydrogen) atoms. The molecule has 1 N–H and O–H groups in total. The molecule has 0 saturated carbocycles. The van der Waals surface area contributed by atoms with Crippen molar-refractivity contribution in [1.82, 2.24) is 14.8 Å². The summed E-state index contributed by atoms with van der Waals surface area (Å²) < 4.78 is 69.4. The van der Waals surface area contributed by atoms with Gasteiger partial charge in [-0.05, 0) is 35.7 Å². The van der Waals surface area contributed by atoms with Crippen LogP contribution in [0.15, 0.2) is 71.9 Å². The Labute approximate surface area is 182 Å². The third-order valence-electron chi connectivity index (χ3n) is 4.98. The van der Waals surface area contributed by atoms with E-state index in [1.54, 1.807) is 42.6 Å². The highest BCUT2D eigenvalue weighted by atomic mass is 32.2. The second-order valence-electron chi connectivity index (χ2n) is 7.53. The number of sulfonamides is 1. The number of benzene rings is 2. The third-order valence-corrected chi connectivity index (χ3v) is 6.35. The minimum atomic E-state index is -4.75. The van der Waals surface area contributed by atoms with E-state index < -0.39 is 21.9 Å². The van der Waals surface area contributed by atoms with Gasteiger partial charge in [-0.25, -0.2) is 13.1 Å². The Bertz CT molecular complexity index is 1370. The Kier molecular flexibility index (Phi) is 5.41. The first-order valence-corrected chi connectivity index (χ1v) is 11.2. The fraction of sp³-hybridized carbons (Fsp3) is 0.182. The standard InChI is InChI=1S/C22H19F3N4O2S/c1-14(2)15-6-8-17(9-7-15)32(30,31)28-21-12-20(22(23,24)25)27-29(21)19-5-3-4-16-13-26-11-10-18(16)19/h3-14,28H,1-2H3. The van der Waals surface area contributed by atoms with E-state index in [0.717, 1.165) is 10.2 Å². The molecule has 2 heterocycles. The predicted octanol–water partition coefficient (Wildman–Crippen LogP) is 5.36. The van der Waals surface area contributed by atoms with E-state index >= 15 is 0 Å². The van der Waals surface area contributed by atoms with Crippen LogP contribution in [-0.4, -0.2) is 23.2 Å². The second kappa shape index (κ2) is 7.94. The van der Waals surface area contributed by atoms with Gasteiger partial charge in [-0.1, -0.05) is 38.1 Å². The Morgan fingerprint density at radius 3 is 2.41 bits per heavy atom. The number of rotatable bonds is 5. The predicted molar refractivity (Wildman–Crippen MR) is 115 cm³/mol. The molecule has 0 saturated heterocycles. The zero-order chi connectivity index (χ0) is 23.1. The molecule has 0 bridgehead atoms. The molecular formula is C22H19F3N4O2S. The molecule has 4 aromatic rings. The number of nitrogens with one attached hydrogen (secondary N) is 1. The number of fused-ring (bicyclic) bond motifs is 1. The van der Waals surface area contributed by atoms with Gasteiger partial charge in [0.25, 0.3) is 10.0 Å². The SMILES string of the molecule is CC(C)c1ccc(S(=O)(=O)Nc2cc(C(F)(F)F)nn2-c2cccc3cnccc23)cc1. The Balaban J connectivity index is 1.82. The molecule has 0 radical (unpaired) electrons. The molecule has 6 nitrogen and oxygen atoms in total. The molecular weight excluding hydrogens is 441 g/mol. The van der Waals surface area contributed by atoms with Gasteiger partial charge in [0, 0.05) is 29.2 Å². The van der Waals surface area contributed by atoms with E-state index in [0.29, 0.717) is 16.8 Å². The molecule has 4 rings (SSSR count). The number of hydrogen-bond acceptors (Lipinski definition) is 4. The third kappa shape index (κ3) is 4.18. The maximum Gasteiger partial charge on any atom is 0.435 e. The van der Waals surface area contributed by atoms with Crippen molar-refractivity contribution >= 4 is 26.6 Å². The number of alkyl halides is 3. The van der Waals surface area contributed by atoms with E-state index in [9.17, 15) is 21.6 Å². The second-order valence-corrected chi connectivity index (χ2v) is 9.21. The van der Waals surface area contributed by atoms with Crippen LogP contribution in [0.3, 0.4) is 0 Å². The molecule has 0 aliphatic rings. The van der Waals surface area contributed by atoms with Gasteiger partial charge < -0.3 is 0 Å². The molecule has 166 valence electrons. The van der Waals surface area contributed by atoms with Crippen LogP contribution < -0.4 is 4.72 Å². The number of nitrogens with zero attached hydrogens (tertiary/aromatic N) is 3. The zero-order valence-corrected chi connectivity index (χ0v) is 17.9. The van der Waals surface area contributed by atoms with Crippen LogP contribution in [0, 0.1) is 0 Å². The van der Waals surface area contributed by atoms with E-state index in [4.69, 9.17) is 0 Å². The van der Waals surface area contributed by atoms with Crippen LogP contribution in [0.2, 0.25) is 0 Å². The minimum Gasteiger partial charge on any atom is -0.264 e. The summed E-state index contributed by atoms with van der Waals surface area (Å²) in [5.74, 6) is -0.120. The van der Waals surface area contributed by atoms with Gasteiger partial charge in [0.1, 0.15) is 5.82 Å². The highest BCUT2D eigenvalue weighted by Gasteiger charge is 2.36. The molecule has 0 fully saturated rings. The average Bonchev–Trinajstić information content (AvgIpc) is 3.17. The van der Waals surface area contributed by atoms with Crippen LogP contribution in [0.1, 0.15) is 31.0 Å². The van der Waals surface area contributed by atoms with Crippen molar-refractivity contribution in [2.75, 3.05) is 4.72 Å². The van der Waals surface area contributed by atoms with E-state index in [2.05, 4.69) is 14.8 Å². The summed E-state index contributed by atoms with van der Waals surface area (Å²) in [5.41, 5.74) is 0.0161. The van der Waals surface area contributed by atoms with Gasteiger partial charge in [0.05, 0.1) is 10.6 Å². The van der Waals surface area contributed by atoms with Crippen molar-refractivity contribution in [3.05, 3.63) is 78.2 Å². The lowest BCUT2D eigenvalue weighted by Gasteiger charge is -2.13. The molecule has 0 amide bonds. The smallest absolute Gasteiger partial charge is 0.264 e. The van der Waals surface area contributed by atoms with E-state index in [1.165, 1.54) is 18.3 Å². The molecule has 10 heteroatoms. The first kappa shape index (κ1) is 21.8. The highest BCUT2D eigenvalue weighted by Crippen LogP contribution is 2.33. The Hall–Kier alpha value is -3.40. The van der Waals surface area contributed by atoms with Crippen molar-refractivity contribution in [2.24, 2.45) is 0 Å². The fourth-order valence-corrected chi connectivity index (χ4v) is 4.33. The van der Waals surface area contributed by atoms with Crippen molar-refractivity contribution in [3.63, 3.8) is 0 Å². The van der Waals surface area contributed by atoms with Gasteiger partial charge in [0.2, 0.25) is 0 Å². The van der Waals surface area contributed by atoms with Gasteiger partial charge in [-0.15, -0.1) is 0 Å². The van der Waals surface area contributed by atoms with Crippen molar-refractivity contribution in [1.29, 1.82) is 0 Å². The summed E-state index contributed by atoms with van der Waals surface area (Å²) in [7, 11) is -4.16. The lowest BCUT2D eigenvalue weighted by Crippen LogP contribution is -2.16. The number of hydrogen-bond donors (Lipinski definition) is 1. The number of halogens is 3. The minimum absolute atomic E-state index is 0.0645. The van der Waals surface area contributed by atoms with Crippen molar-refractivity contribution in [2.45, 2.75) is 30.8 Å². The van der Waals surface area contributed by atoms with Gasteiger partial charge in [-0.3, -0.25) is 9.71 Å². The van der Waals surface area contributed by atoms with Crippen LogP contribution in [-0.2, 0) is 16.2 Å². The fourth-order valence-electron chi connectivity index (χ4n) is 3.29. The molecule has 2 aromatic heterocycles. The lowest BCUT2D eigenvalue weighted by molar-refractivity contribution is -0.141. The molecule has 0 unspecified atom stereocenters. The van der Waals surface area contributed by atoms with Crippen LogP contribution in [0.4, 0.5) is 19.0 Å². The molecule has 0 aliphatic heterocycles. The maximum absolute atomic E-state index is 13.4. The van der Waals surface area contributed by atoms with Crippen LogP contribution >= 0.6 is 0 Å². The van der Waals surface area contributed by atoms with E-state index in [1.807, 2.05) is 13.8 Å². The van der Waals surface area contributed by atoms with E-state index in [-0.39, 0.29) is 22.3 Å². The van der Waals surface area contributed by atoms with Gasteiger partial charge >= 0.3 is 6.18 Å². The largest absolute Gasteiger partial charge is 0.435 e.